The second kappa shape index (κ2) is 7.72. The third kappa shape index (κ3) is 5.64. The molecule has 1 saturated carbocycles. The molecule has 152 valence electrons. The van der Waals surface area contributed by atoms with Gasteiger partial charge < -0.3 is 15.4 Å². The van der Waals surface area contributed by atoms with E-state index in [0.717, 1.165) is 37.8 Å². The van der Waals surface area contributed by atoms with Gasteiger partial charge >= 0.3 is 12.5 Å². The maximum atomic E-state index is 13.2. The highest BCUT2D eigenvalue weighted by atomic mass is 19.4. The van der Waals surface area contributed by atoms with Crippen molar-refractivity contribution in [3.05, 3.63) is 36.0 Å². The summed E-state index contributed by atoms with van der Waals surface area (Å²) in [7, 11) is 0. The van der Waals surface area contributed by atoms with Crippen LogP contribution < -0.4 is 15.4 Å². The first kappa shape index (κ1) is 20.0. The van der Waals surface area contributed by atoms with E-state index in [1.165, 1.54) is 12.1 Å². The Balaban J connectivity index is 1.85. The zero-order chi connectivity index (χ0) is 20.4. The number of hydrogen-bond donors (Lipinski definition) is 2. The molecule has 2 N–H and O–H groups in total. The van der Waals surface area contributed by atoms with Gasteiger partial charge in [0.2, 0.25) is 5.95 Å². The number of nitrogens with zero attached hydrogens (tertiary/aromatic N) is 2. The van der Waals surface area contributed by atoms with E-state index in [-0.39, 0.29) is 23.5 Å². The van der Waals surface area contributed by atoms with Crippen LogP contribution in [-0.2, 0) is 6.18 Å². The molecule has 0 atom stereocenters. The highest BCUT2D eigenvalue weighted by Crippen LogP contribution is 2.32. The summed E-state index contributed by atoms with van der Waals surface area (Å²) < 4.78 is 80.3. The van der Waals surface area contributed by atoms with Crippen molar-refractivity contribution in [1.82, 2.24) is 9.97 Å². The Morgan fingerprint density at radius 1 is 0.964 bits per heavy atom. The number of benzene rings is 1. The first-order chi connectivity index (χ1) is 13.1. The van der Waals surface area contributed by atoms with Crippen LogP contribution in [0.3, 0.4) is 0 Å². The molecule has 0 unspecified atom stereocenters. The molecule has 0 radical (unpaired) electrons. The summed E-state index contributed by atoms with van der Waals surface area (Å²) in [6, 6.07) is 5.41. The molecule has 1 aromatic heterocycles. The fraction of sp³-hybridized carbons (Fsp3) is 0.412. The van der Waals surface area contributed by atoms with Crippen molar-refractivity contribution in [2.24, 2.45) is 0 Å². The summed E-state index contributed by atoms with van der Waals surface area (Å²) in [5, 5.41) is 5.46. The Kier molecular flexibility index (Phi) is 5.52. The topological polar surface area (TPSA) is 59.1 Å². The average Bonchev–Trinajstić information content (AvgIpc) is 3.05. The van der Waals surface area contributed by atoms with E-state index in [1.807, 2.05) is 0 Å². The summed E-state index contributed by atoms with van der Waals surface area (Å²) >= 11 is 0. The number of nitrogens with one attached hydrogen (secondary N) is 2. The Labute approximate surface area is 156 Å². The molecule has 3 rings (SSSR count). The molecule has 1 aromatic carbocycles. The second-order valence-corrected chi connectivity index (χ2v) is 6.29. The predicted octanol–water partition coefficient (Wildman–Crippen LogP) is 5.49. The number of halogens is 6. The van der Waals surface area contributed by atoms with Gasteiger partial charge in [0.1, 0.15) is 11.6 Å². The molecule has 5 nitrogen and oxygen atoms in total. The maximum absolute atomic E-state index is 13.2. The van der Waals surface area contributed by atoms with Crippen molar-refractivity contribution in [2.45, 2.75) is 44.3 Å². The molecule has 11 heteroatoms. The average molecular weight is 406 g/mol. The van der Waals surface area contributed by atoms with Gasteiger partial charge in [0.25, 0.3) is 0 Å². The van der Waals surface area contributed by atoms with Gasteiger partial charge in [-0.1, -0.05) is 18.9 Å². The molecule has 2 aromatic rings. The summed E-state index contributed by atoms with van der Waals surface area (Å²) in [6.07, 6.45) is -6.04. The SMILES string of the molecule is FC(F)(F)Oc1cccc(Nc2cc(C(F)(F)F)nc(NC3CCCC3)n2)c1. The minimum Gasteiger partial charge on any atom is -0.406 e. The largest absolute Gasteiger partial charge is 0.573 e. The number of aromatic nitrogens is 2. The summed E-state index contributed by atoms with van der Waals surface area (Å²) in [4.78, 5) is 7.53. The highest BCUT2D eigenvalue weighted by molar-refractivity contribution is 5.59. The molecule has 1 heterocycles. The van der Waals surface area contributed by atoms with Gasteiger partial charge in [0.15, 0.2) is 5.69 Å². The second-order valence-electron chi connectivity index (χ2n) is 6.29. The van der Waals surface area contributed by atoms with Crippen molar-refractivity contribution in [3.8, 4) is 5.75 Å². The van der Waals surface area contributed by atoms with Gasteiger partial charge in [-0.25, -0.2) is 4.98 Å². The van der Waals surface area contributed by atoms with Crippen molar-refractivity contribution >= 4 is 17.5 Å². The Morgan fingerprint density at radius 2 is 1.68 bits per heavy atom. The smallest absolute Gasteiger partial charge is 0.406 e. The minimum atomic E-state index is -4.88. The number of alkyl halides is 6. The van der Waals surface area contributed by atoms with E-state index in [9.17, 15) is 26.3 Å². The molecule has 0 amide bonds. The van der Waals surface area contributed by atoms with E-state index in [1.54, 1.807) is 0 Å². The van der Waals surface area contributed by atoms with E-state index >= 15 is 0 Å². The standard InChI is InChI=1S/C17H16F6N4O/c18-16(19,20)13-9-14(27-15(26-13)25-10-4-1-2-5-10)24-11-6-3-7-12(8-11)28-17(21,22)23/h3,6-10H,1-2,4-5H2,(H2,24,25,26,27). The summed E-state index contributed by atoms with van der Waals surface area (Å²) in [6.45, 7) is 0. The van der Waals surface area contributed by atoms with Gasteiger partial charge in [-0.15, -0.1) is 13.2 Å². The van der Waals surface area contributed by atoms with E-state index < -0.39 is 24.0 Å². The van der Waals surface area contributed by atoms with E-state index in [4.69, 9.17) is 0 Å². The van der Waals surface area contributed by atoms with Gasteiger partial charge in [-0.3, -0.25) is 0 Å². The lowest BCUT2D eigenvalue weighted by Gasteiger charge is -2.16. The fourth-order valence-corrected chi connectivity index (χ4v) is 2.89. The lowest BCUT2D eigenvalue weighted by Crippen LogP contribution is -2.19. The van der Waals surface area contributed by atoms with Gasteiger partial charge in [0.05, 0.1) is 0 Å². The number of anilines is 3. The number of hydrogen-bond acceptors (Lipinski definition) is 5. The zero-order valence-electron chi connectivity index (χ0n) is 14.4. The molecule has 1 fully saturated rings. The van der Waals surface area contributed by atoms with Crippen LogP contribution in [0.25, 0.3) is 0 Å². The molecular formula is C17H16F6N4O. The molecule has 0 aliphatic heterocycles. The monoisotopic (exact) mass is 406 g/mol. The molecule has 0 saturated heterocycles. The molecular weight excluding hydrogens is 390 g/mol. The van der Waals surface area contributed by atoms with Crippen molar-refractivity contribution in [3.63, 3.8) is 0 Å². The molecule has 28 heavy (non-hydrogen) atoms. The number of ether oxygens (including phenoxy) is 1. The minimum absolute atomic E-state index is 0.0140. The van der Waals surface area contributed by atoms with Gasteiger partial charge in [-0.05, 0) is 25.0 Å². The third-order valence-electron chi connectivity index (χ3n) is 4.04. The van der Waals surface area contributed by atoms with Crippen LogP contribution in [0.1, 0.15) is 31.4 Å². The van der Waals surface area contributed by atoms with Crippen LogP contribution in [-0.4, -0.2) is 22.4 Å². The first-order valence-electron chi connectivity index (χ1n) is 8.44. The van der Waals surface area contributed by atoms with E-state index in [2.05, 4.69) is 25.3 Å². The Bertz CT molecular complexity index is 818. The van der Waals surface area contributed by atoms with Crippen molar-refractivity contribution < 1.29 is 31.1 Å². The number of rotatable bonds is 5. The quantitative estimate of drug-likeness (QED) is 0.643. The zero-order valence-corrected chi connectivity index (χ0v) is 14.4. The molecule has 0 bridgehead atoms. The molecule has 1 aliphatic carbocycles. The van der Waals surface area contributed by atoms with E-state index in [0.29, 0.717) is 6.07 Å². The van der Waals surface area contributed by atoms with Crippen LogP contribution in [0, 0.1) is 0 Å². The predicted molar refractivity (Wildman–Crippen MR) is 89.3 cm³/mol. The molecule has 1 aliphatic rings. The Morgan fingerprint density at radius 3 is 2.32 bits per heavy atom. The maximum Gasteiger partial charge on any atom is 0.573 e. The molecule has 0 spiro atoms. The highest BCUT2D eigenvalue weighted by Gasteiger charge is 2.34. The lowest BCUT2D eigenvalue weighted by atomic mass is 10.2. The van der Waals surface area contributed by atoms with Crippen LogP contribution in [0.5, 0.6) is 5.75 Å². The summed E-state index contributed by atoms with van der Waals surface area (Å²) in [5.74, 6) is -0.897. The van der Waals surface area contributed by atoms with Crippen LogP contribution in [0.4, 0.5) is 43.8 Å². The lowest BCUT2D eigenvalue weighted by molar-refractivity contribution is -0.274. The Hall–Kier alpha value is -2.72. The van der Waals surface area contributed by atoms with Crippen molar-refractivity contribution in [1.29, 1.82) is 0 Å². The first-order valence-corrected chi connectivity index (χ1v) is 8.44. The van der Waals surface area contributed by atoms with Gasteiger partial charge in [-0.2, -0.15) is 18.2 Å². The fourth-order valence-electron chi connectivity index (χ4n) is 2.89. The van der Waals surface area contributed by atoms with Crippen LogP contribution in [0.15, 0.2) is 30.3 Å². The van der Waals surface area contributed by atoms with Crippen molar-refractivity contribution in [2.75, 3.05) is 10.6 Å². The summed E-state index contributed by atoms with van der Waals surface area (Å²) in [5.41, 5.74) is -1.08. The van der Waals surface area contributed by atoms with Crippen LogP contribution >= 0.6 is 0 Å². The van der Waals surface area contributed by atoms with Gasteiger partial charge in [0, 0.05) is 23.9 Å². The normalized spacial score (nSPS) is 15.5. The third-order valence-corrected chi connectivity index (χ3v) is 4.04. The van der Waals surface area contributed by atoms with Crippen LogP contribution in [0.2, 0.25) is 0 Å².